The van der Waals surface area contributed by atoms with E-state index in [9.17, 15) is 14.0 Å². The van der Waals surface area contributed by atoms with Gasteiger partial charge in [0.05, 0.1) is 16.6 Å². The number of halogens is 3. The molecule has 0 aliphatic heterocycles. The molecule has 1 aromatic heterocycles. The lowest BCUT2D eigenvalue weighted by Crippen LogP contribution is -2.47. The summed E-state index contributed by atoms with van der Waals surface area (Å²) in [5, 5.41) is 5.42. The van der Waals surface area contributed by atoms with E-state index in [1.165, 1.54) is 17.0 Å². The molecule has 0 atom stereocenters. The summed E-state index contributed by atoms with van der Waals surface area (Å²) in [5.41, 5.74) is 1.28. The van der Waals surface area contributed by atoms with Crippen molar-refractivity contribution in [2.75, 3.05) is 11.9 Å². The molecule has 1 heterocycles. The molecule has 0 unspecified atom stereocenters. The van der Waals surface area contributed by atoms with Crippen molar-refractivity contribution in [2.45, 2.75) is 33.0 Å². The quantitative estimate of drug-likeness (QED) is 0.370. The SMILES string of the molecule is CC(C)N(CC(=O)N(Cc1ccc(F)cc1)Cc1cccs1)C(=O)Nc1ccc(Cl)c(Cl)c1. The molecule has 2 aromatic carbocycles. The Morgan fingerprint density at radius 1 is 1.03 bits per heavy atom. The van der Waals surface area contributed by atoms with E-state index in [-0.39, 0.29) is 24.3 Å². The smallest absolute Gasteiger partial charge is 0.322 e. The lowest BCUT2D eigenvalue weighted by molar-refractivity contribution is -0.133. The van der Waals surface area contributed by atoms with Gasteiger partial charge in [0.15, 0.2) is 0 Å². The molecule has 0 bridgehead atoms. The minimum Gasteiger partial charge on any atom is -0.332 e. The van der Waals surface area contributed by atoms with E-state index in [1.807, 2.05) is 31.4 Å². The first kappa shape index (κ1) is 25.0. The van der Waals surface area contributed by atoms with Crippen molar-refractivity contribution in [1.29, 1.82) is 0 Å². The Labute approximate surface area is 206 Å². The van der Waals surface area contributed by atoms with Crippen LogP contribution in [0.2, 0.25) is 10.0 Å². The molecule has 0 aliphatic carbocycles. The number of nitrogens with one attached hydrogen (secondary N) is 1. The third kappa shape index (κ3) is 7.19. The third-order valence-corrected chi connectivity index (χ3v) is 6.53. The number of thiophene rings is 1. The van der Waals surface area contributed by atoms with E-state index in [1.54, 1.807) is 46.6 Å². The van der Waals surface area contributed by atoms with Crippen molar-refractivity contribution in [1.82, 2.24) is 9.80 Å². The fourth-order valence-electron chi connectivity index (χ4n) is 3.14. The summed E-state index contributed by atoms with van der Waals surface area (Å²) in [6, 6.07) is 14.1. The van der Waals surface area contributed by atoms with Crippen LogP contribution in [0.25, 0.3) is 0 Å². The number of hydrogen-bond acceptors (Lipinski definition) is 3. The molecule has 5 nitrogen and oxygen atoms in total. The standard InChI is InChI=1S/C24H24Cl2FN3O2S/c1-16(2)30(24(32)28-19-9-10-21(25)22(26)12-19)15-23(31)29(14-20-4-3-11-33-20)13-17-5-7-18(27)8-6-17/h3-12,16H,13-15H2,1-2H3,(H,28,32). The Kier molecular flexibility index (Phi) is 8.72. The lowest BCUT2D eigenvalue weighted by Gasteiger charge is -2.30. The van der Waals surface area contributed by atoms with E-state index >= 15 is 0 Å². The molecule has 33 heavy (non-hydrogen) atoms. The molecule has 9 heteroatoms. The van der Waals surface area contributed by atoms with Gasteiger partial charge in [-0.25, -0.2) is 9.18 Å². The zero-order chi connectivity index (χ0) is 24.0. The van der Waals surface area contributed by atoms with Crippen LogP contribution < -0.4 is 5.32 Å². The lowest BCUT2D eigenvalue weighted by atomic mass is 10.2. The summed E-state index contributed by atoms with van der Waals surface area (Å²) in [5.74, 6) is -0.550. The molecule has 0 spiro atoms. The molecule has 0 fully saturated rings. The highest BCUT2D eigenvalue weighted by atomic mass is 35.5. The van der Waals surface area contributed by atoms with Crippen molar-refractivity contribution in [3.05, 3.63) is 86.3 Å². The van der Waals surface area contributed by atoms with E-state index in [0.29, 0.717) is 28.8 Å². The second-order valence-corrected chi connectivity index (χ2v) is 9.58. The van der Waals surface area contributed by atoms with Crippen molar-refractivity contribution < 1.29 is 14.0 Å². The van der Waals surface area contributed by atoms with E-state index < -0.39 is 6.03 Å². The third-order valence-electron chi connectivity index (χ3n) is 4.93. The molecule has 1 N–H and O–H groups in total. The van der Waals surface area contributed by atoms with E-state index in [2.05, 4.69) is 5.32 Å². The average molecular weight is 508 g/mol. The monoisotopic (exact) mass is 507 g/mol. The van der Waals surface area contributed by atoms with Crippen LogP contribution in [0, 0.1) is 5.82 Å². The van der Waals surface area contributed by atoms with Gasteiger partial charge in [-0.15, -0.1) is 11.3 Å². The Balaban J connectivity index is 1.75. The number of amides is 3. The van der Waals surface area contributed by atoms with E-state index in [0.717, 1.165) is 10.4 Å². The number of benzene rings is 2. The molecule has 3 rings (SSSR count). The largest absolute Gasteiger partial charge is 0.332 e. The summed E-state index contributed by atoms with van der Waals surface area (Å²) in [7, 11) is 0. The molecule has 3 amide bonds. The zero-order valence-electron chi connectivity index (χ0n) is 18.2. The molecular weight excluding hydrogens is 484 g/mol. The second-order valence-electron chi connectivity index (χ2n) is 7.74. The van der Waals surface area contributed by atoms with Gasteiger partial charge in [0.25, 0.3) is 0 Å². The Morgan fingerprint density at radius 3 is 2.36 bits per heavy atom. The second kappa shape index (κ2) is 11.5. The van der Waals surface area contributed by atoms with Gasteiger partial charge < -0.3 is 15.1 Å². The summed E-state index contributed by atoms with van der Waals surface area (Å²) < 4.78 is 13.3. The summed E-state index contributed by atoms with van der Waals surface area (Å²) in [6.07, 6.45) is 0. The normalized spacial score (nSPS) is 10.8. The number of carbonyl (C=O) groups excluding carboxylic acids is 2. The number of anilines is 1. The average Bonchev–Trinajstić information content (AvgIpc) is 3.28. The highest BCUT2D eigenvalue weighted by molar-refractivity contribution is 7.09. The van der Waals surface area contributed by atoms with Crippen LogP contribution in [-0.4, -0.2) is 34.3 Å². The molecule has 3 aromatic rings. The van der Waals surface area contributed by atoms with Gasteiger partial charge in [0.1, 0.15) is 12.4 Å². The minimum absolute atomic E-state index is 0.114. The van der Waals surface area contributed by atoms with Crippen LogP contribution in [0.3, 0.4) is 0 Å². The maximum absolute atomic E-state index is 13.3. The number of nitrogens with zero attached hydrogens (tertiary/aromatic N) is 2. The maximum Gasteiger partial charge on any atom is 0.322 e. The van der Waals surface area contributed by atoms with Crippen LogP contribution in [0.15, 0.2) is 60.0 Å². The predicted octanol–water partition coefficient (Wildman–Crippen LogP) is 6.67. The van der Waals surface area contributed by atoms with Crippen LogP contribution in [0.1, 0.15) is 24.3 Å². The highest BCUT2D eigenvalue weighted by Gasteiger charge is 2.24. The summed E-state index contributed by atoms with van der Waals surface area (Å²) >= 11 is 13.5. The summed E-state index contributed by atoms with van der Waals surface area (Å²) in [6.45, 7) is 4.26. The zero-order valence-corrected chi connectivity index (χ0v) is 20.6. The molecule has 0 saturated carbocycles. The first-order valence-corrected chi connectivity index (χ1v) is 11.9. The van der Waals surface area contributed by atoms with Gasteiger partial charge in [0.2, 0.25) is 5.91 Å². The first-order valence-electron chi connectivity index (χ1n) is 10.3. The van der Waals surface area contributed by atoms with Crippen LogP contribution in [0.5, 0.6) is 0 Å². The van der Waals surface area contributed by atoms with E-state index in [4.69, 9.17) is 23.2 Å². The Hall–Kier alpha value is -2.61. The van der Waals surface area contributed by atoms with Crippen LogP contribution in [-0.2, 0) is 17.9 Å². The number of hydrogen-bond donors (Lipinski definition) is 1. The highest BCUT2D eigenvalue weighted by Crippen LogP contribution is 2.25. The van der Waals surface area contributed by atoms with Crippen molar-refractivity contribution in [3.8, 4) is 0 Å². The van der Waals surface area contributed by atoms with Gasteiger partial charge in [-0.1, -0.05) is 41.4 Å². The number of urea groups is 1. The minimum atomic E-state index is -0.422. The first-order chi connectivity index (χ1) is 15.7. The Morgan fingerprint density at radius 2 is 1.76 bits per heavy atom. The molecular formula is C24H24Cl2FN3O2S. The van der Waals surface area contributed by atoms with Crippen molar-refractivity contribution in [2.24, 2.45) is 0 Å². The van der Waals surface area contributed by atoms with Gasteiger partial charge in [0, 0.05) is 23.2 Å². The molecule has 0 radical (unpaired) electrons. The fourth-order valence-corrected chi connectivity index (χ4v) is 4.15. The van der Waals surface area contributed by atoms with Gasteiger partial charge in [-0.05, 0) is 61.2 Å². The van der Waals surface area contributed by atoms with Crippen LogP contribution in [0.4, 0.5) is 14.9 Å². The molecule has 174 valence electrons. The van der Waals surface area contributed by atoms with Gasteiger partial charge >= 0.3 is 6.03 Å². The fraction of sp³-hybridized carbons (Fsp3) is 0.250. The topological polar surface area (TPSA) is 52.7 Å². The van der Waals surface area contributed by atoms with Crippen molar-refractivity contribution >= 4 is 52.2 Å². The van der Waals surface area contributed by atoms with Crippen LogP contribution >= 0.6 is 34.5 Å². The number of carbonyl (C=O) groups is 2. The maximum atomic E-state index is 13.3. The van der Waals surface area contributed by atoms with Gasteiger partial charge in [-0.2, -0.15) is 0 Å². The molecule has 0 aliphatic rings. The van der Waals surface area contributed by atoms with Crippen molar-refractivity contribution in [3.63, 3.8) is 0 Å². The Bertz CT molecular complexity index is 1090. The number of rotatable bonds is 8. The summed E-state index contributed by atoms with van der Waals surface area (Å²) in [4.78, 5) is 30.4. The predicted molar refractivity (Wildman–Crippen MR) is 132 cm³/mol. The molecule has 0 saturated heterocycles. The van der Waals surface area contributed by atoms with Gasteiger partial charge in [-0.3, -0.25) is 4.79 Å².